The zero-order valence-corrected chi connectivity index (χ0v) is 20.7. The summed E-state index contributed by atoms with van der Waals surface area (Å²) >= 11 is 0. The number of ether oxygens (including phenoxy) is 1. The largest absolute Gasteiger partial charge is 0.469 e. The molecule has 2 N–H and O–H groups in total. The molecule has 188 valence electrons. The van der Waals surface area contributed by atoms with E-state index in [9.17, 15) is 28.7 Å². The van der Waals surface area contributed by atoms with Gasteiger partial charge in [-0.3, -0.25) is 18.9 Å². The van der Waals surface area contributed by atoms with E-state index in [-0.39, 0.29) is 29.8 Å². The lowest BCUT2D eigenvalue weighted by Crippen LogP contribution is -2.67. The maximum absolute atomic E-state index is 17.6. The number of hydrogen-bond donors (Lipinski definition) is 2. The van der Waals surface area contributed by atoms with Crippen molar-refractivity contribution in [3.63, 3.8) is 0 Å². The van der Waals surface area contributed by atoms with Crippen LogP contribution in [0.5, 0.6) is 0 Å². The summed E-state index contributed by atoms with van der Waals surface area (Å²) in [7, 11) is -5.08. The van der Waals surface area contributed by atoms with Crippen molar-refractivity contribution in [1.82, 2.24) is 0 Å². The van der Waals surface area contributed by atoms with E-state index in [0.717, 1.165) is 0 Å². The standard InChI is InChI=1S/C24H32FO8P/c1-13-9-18-17-6-5-15-10-16(27)7-8-23(15,4)24(17,25)20(33-34(29,30)31)11-22(18,3)21(13)19(28)12-32-14(2)26/h7-8,10,13,17-18,20-21H,5-6,9,11-12H2,1-4H3,(H2,29,30,31)/t13-,17+,18+,20+,21-,22+,23+,24+/m1/s1. The van der Waals surface area contributed by atoms with Crippen LogP contribution in [0.1, 0.15) is 53.4 Å². The molecule has 34 heavy (non-hydrogen) atoms. The zero-order valence-electron chi connectivity index (χ0n) is 19.8. The topological polar surface area (TPSA) is 127 Å². The van der Waals surface area contributed by atoms with E-state index in [1.165, 1.54) is 25.2 Å². The molecule has 0 aromatic heterocycles. The van der Waals surface area contributed by atoms with Crippen LogP contribution in [0.2, 0.25) is 0 Å². The van der Waals surface area contributed by atoms with Gasteiger partial charge >= 0.3 is 13.8 Å². The van der Waals surface area contributed by atoms with E-state index in [1.807, 2.05) is 13.8 Å². The molecule has 0 aliphatic heterocycles. The second kappa shape index (κ2) is 8.19. The van der Waals surface area contributed by atoms with Gasteiger partial charge in [-0.1, -0.05) is 25.5 Å². The second-order valence-electron chi connectivity index (χ2n) is 10.9. The van der Waals surface area contributed by atoms with Gasteiger partial charge in [0.25, 0.3) is 0 Å². The minimum atomic E-state index is -5.08. The molecule has 0 aromatic carbocycles. The summed E-state index contributed by atoms with van der Waals surface area (Å²) < 4.78 is 39.7. The summed E-state index contributed by atoms with van der Waals surface area (Å²) in [4.78, 5) is 55.9. The van der Waals surface area contributed by atoms with Crippen molar-refractivity contribution in [2.75, 3.05) is 6.61 Å². The minimum Gasteiger partial charge on any atom is -0.458 e. The number of phosphoric acid groups is 1. The van der Waals surface area contributed by atoms with Crippen molar-refractivity contribution in [2.45, 2.75) is 65.2 Å². The van der Waals surface area contributed by atoms with Crippen LogP contribution in [-0.4, -0.2) is 45.7 Å². The smallest absolute Gasteiger partial charge is 0.458 e. The molecule has 0 saturated heterocycles. The summed E-state index contributed by atoms with van der Waals surface area (Å²) in [5, 5.41) is 0. The van der Waals surface area contributed by atoms with Gasteiger partial charge in [-0.05, 0) is 62.0 Å². The highest BCUT2D eigenvalue weighted by atomic mass is 31.2. The SMILES string of the molecule is CC(=O)OCC(=O)[C@H]1[C@H](C)C[C@H]2[C@@H]3CCC4=CC(=O)C=C[C@]4(C)[C@@]3(F)[C@@H](OP(=O)(O)O)C[C@@]21C. The van der Waals surface area contributed by atoms with Crippen LogP contribution in [0.15, 0.2) is 23.8 Å². The molecule has 0 amide bonds. The highest BCUT2D eigenvalue weighted by molar-refractivity contribution is 7.46. The first-order valence-electron chi connectivity index (χ1n) is 11.7. The van der Waals surface area contributed by atoms with Gasteiger partial charge in [0, 0.05) is 24.2 Å². The number of ketones is 2. The Balaban J connectivity index is 1.80. The Kier molecular flexibility index (Phi) is 6.12. The third kappa shape index (κ3) is 3.76. The number of alkyl halides is 1. The zero-order chi connectivity index (χ0) is 25.3. The van der Waals surface area contributed by atoms with Crippen LogP contribution < -0.4 is 0 Å². The molecule has 0 bridgehead atoms. The Morgan fingerprint density at radius 3 is 2.56 bits per heavy atom. The third-order valence-corrected chi connectivity index (χ3v) is 9.51. The molecular formula is C24H32FO8P. The number of Topliss-reactive ketones (excluding diaryl/α,β-unsaturated/α-hetero) is 1. The van der Waals surface area contributed by atoms with E-state index >= 15 is 4.39 Å². The number of esters is 1. The molecule has 0 aromatic rings. The van der Waals surface area contributed by atoms with E-state index in [0.29, 0.717) is 24.8 Å². The molecule has 0 heterocycles. The first-order valence-corrected chi connectivity index (χ1v) is 13.2. The molecule has 8 nitrogen and oxygen atoms in total. The Morgan fingerprint density at radius 2 is 1.94 bits per heavy atom. The van der Waals surface area contributed by atoms with Crippen LogP contribution >= 0.6 is 7.82 Å². The Bertz CT molecular complexity index is 1030. The number of phosphoric ester groups is 1. The molecule has 4 rings (SSSR count). The number of carbonyl (C=O) groups excluding carboxylic acids is 3. The van der Waals surface area contributed by atoms with E-state index in [2.05, 4.69) is 0 Å². The number of halogens is 1. The summed E-state index contributed by atoms with van der Waals surface area (Å²) in [6, 6.07) is 0. The molecule has 0 spiro atoms. The van der Waals surface area contributed by atoms with Gasteiger partial charge in [0.15, 0.2) is 17.2 Å². The number of fused-ring (bicyclic) bond motifs is 5. The number of hydrogen-bond acceptors (Lipinski definition) is 6. The molecule has 0 radical (unpaired) electrons. The van der Waals surface area contributed by atoms with Gasteiger partial charge < -0.3 is 14.5 Å². The molecule has 4 aliphatic rings. The number of carbonyl (C=O) groups is 3. The quantitative estimate of drug-likeness (QED) is 0.436. The minimum absolute atomic E-state index is 0.0821. The summed E-state index contributed by atoms with van der Waals surface area (Å²) in [6.07, 6.45) is 4.06. The van der Waals surface area contributed by atoms with E-state index in [4.69, 9.17) is 9.26 Å². The number of rotatable bonds is 5. The van der Waals surface area contributed by atoms with Crippen LogP contribution in [0.25, 0.3) is 0 Å². The molecule has 10 heteroatoms. The fourth-order valence-corrected chi connectivity index (χ4v) is 8.33. The van der Waals surface area contributed by atoms with Crippen molar-refractivity contribution in [3.8, 4) is 0 Å². The third-order valence-electron chi connectivity index (χ3n) is 8.99. The Labute approximate surface area is 198 Å². The Morgan fingerprint density at radius 1 is 1.26 bits per heavy atom. The highest BCUT2D eigenvalue weighted by Crippen LogP contribution is 2.71. The van der Waals surface area contributed by atoms with Gasteiger partial charge in [-0.2, -0.15) is 0 Å². The van der Waals surface area contributed by atoms with Crippen molar-refractivity contribution in [2.24, 2.45) is 34.5 Å². The molecule has 4 aliphatic carbocycles. The summed E-state index contributed by atoms with van der Waals surface area (Å²) in [5.41, 5.74) is -3.67. The van der Waals surface area contributed by atoms with Gasteiger partial charge in [-0.15, -0.1) is 0 Å². The van der Waals surface area contributed by atoms with Crippen molar-refractivity contribution >= 4 is 25.4 Å². The predicted octanol–water partition coefficient (Wildman–Crippen LogP) is 3.47. The normalized spacial score (nSPS) is 43.4. The molecule has 3 fully saturated rings. The van der Waals surface area contributed by atoms with Gasteiger partial charge in [0.2, 0.25) is 0 Å². The van der Waals surface area contributed by atoms with Crippen LogP contribution in [0, 0.1) is 34.5 Å². The van der Waals surface area contributed by atoms with E-state index in [1.54, 1.807) is 6.92 Å². The Hall–Kier alpha value is -1.67. The van der Waals surface area contributed by atoms with Crippen molar-refractivity contribution in [3.05, 3.63) is 23.8 Å². The van der Waals surface area contributed by atoms with E-state index < -0.39 is 54.8 Å². The summed E-state index contributed by atoms with van der Waals surface area (Å²) in [5.74, 6) is -2.70. The van der Waals surface area contributed by atoms with Gasteiger partial charge in [0.05, 0.1) is 0 Å². The van der Waals surface area contributed by atoms with Gasteiger partial charge in [0.1, 0.15) is 12.7 Å². The fourth-order valence-electron chi connectivity index (χ4n) is 7.77. The summed E-state index contributed by atoms with van der Waals surface area (Å²) in [6.45, 7) is 6.26. The highest BCUT2D eigenvalue weighted by Gasteiger charge is 2.72. The first-order chi connectivity index (χ1) is 15.6. The van der Waals surface area contributed by atoms with Crippen LogP contribution in [0.3, 0.4) is 0 Å². The second-order valence-corrected chi connectivity index (χ2v) is 12.1. The fraction of sp³-hybridized carbons (Fsp3) is 0.708. The van der Waals surface area contributed by atoms with Gasteiger partial charge in [-0.25, -0.2) is 8.96 Å². The molecule has 8 atom stereocenters. The predicted molar refractivity (Wildman–Crippen MR) is 119 cm³/mol. The lowest BCUT2D eigenvalue weighted by Gasteiger charge is -2.62. The number of allylic oxidation sites excluding steroid dienone is 4. The molecule has 3 saturated carbocycles. The van der Waals surface area contributed by atoms with Crippen LogP contribution in [-0.2, 0) is 28.2 Å². The lowest BCUT2D eigenvalue weighted by molar-refractivity contribution is -0.192. The molecule has 0 unspecified atom stereocenters. The van der Waals surface area contributed by atoms with Crippen molar-refractivity contribution < 1.29 is 42.4 Å². The monoisotopic (exact) mass is 498 g/mol. The lowest BCUT2D eigenvalue weighted by atomic mass is 9.45. The average molecular weight is 498 g/mol. The van der Waals surface area contributed by atoms with Crippen molar-refractivity contribution in [1.29, 1.82) is 0 Å². The maximum atomic E-state index is 17.6. The maximum Gasteiger partial charge on any atom is 0.469 e. The first kappa shape index (κ1) is 25.4. The molecular weight excluding hydrogens is 466 g/mol. The average Bonchev–Trinajstić information content (AvgIpc) is 2.96. The van der Waals surface area contributed by atoms with Crippen LogP contribution in [0.4, 0.5) is 4.39 Å².